The third-order valence-corrected chi connectivity index (χ3v) is 3.86. The minimum atomic E-state index is -0.293. The van der Waals surface area contributed by atoms with Crippen molar-refractivity contribution in [2.75, 3.05) is 38.2 Å². The Balaban J connectivity index is 1.90. The van der Waals surface area contributed by atoms with Crippen molar-refractivity contribution in [3.8, 4) is 5.75 Å². The molecule has 23 heavy (non-hydrogen) atoms. The zero-order valence-corrected chi connectivity index (χ0v) is 13.8. The first-order valence-corrected chi connectivity index (χ1v) is 8.16. The molecule has 0 radical (unpaired) electrons. The van der Waals surface area contributed by atoms with Crippen LogP contribution in [0.1, 0.15) is 30.6 Å². The number of carbonyl (C=O) groups excluding carboxylic acids is 1. The van der Waals surface area contributed by atoms with E-state index in [4.69, 9.17) is 14.6 Å². The van der Waals surface area contributed by atoms with Crippen LogP contribution < -0.4 is 15.4 Å². The smallest absolute Gasteiger partial charge is 0.179 e. The van der Waals surface area contributed by atoms with Gasteiger partial charge in [0.05, 0.1) is 38.1 Å². The van der Waals surface area contributed by atoms with E-state index >= 15 is 0 Å². The monoisotopic (exact) mass is 322 g/mol. The van der Waals surface area contributed by atoms with Gasteiger partial charge in [0.25, 0.3) is 0 Å². The maximum Gasteiger partial charge on any atom is 0.179 e. The van der Waals surface area contributed by atoms with Crippen LogP contribution in [0.3, 0.4) is 0 Å². The number of ketones is 1. The molecule has 6 nitrogen and oxygen atoms in total. The average Bonchev–Trinajstić information content (AvgIpc) is 2.59. The fraction of sp³-hybridized carbons (Fsp3) is 0.588. The van der Waals surface area contributed by atoms with Gasteiger partial charge in [-0.1, -0.05) is 6.92 Å². The molecule has 0 amide bonds. The first-order chi connectivity index (χ1) is 11.2. The number of fused-ring (bicyclic) bond motifs is 1. The largest absolute Gasteiger partial charge is 0.486 e. The predicted molar refractivity (Wildman–Crippen MR) is 89.3 cm³/mol. The number of nitrogens with one attached hydrogen (secondary N) is 2. The molecule has 0 bridgehead atoms. The van der Waals surface area contributed by atoms with Gasteiger partial charge in [-0.05, 0) is 31.5 Å². The highest BCUT2D eigenvalue weighted by molar-refractivity contribution is 6.01. The lowest BCUT2D eigenvalue weighted by atomic mass is 10.0. The van der Waals surface area contributed by atoms with E-state index < -0.39 is 0 Å². The molecule has 128 valence electrons. The molecule has 1 aromatic rings. The van der Waals surface area contributed by atoms with E-state index in [2.05, 4.69) is 17.6 Å². The number of rotatable bonds is 9. The zero-order valence-electron chi connectivity index (χ0n) is 13.8. The fourth-order valence-corrected chi connectivity index (χ4v) is 2.45. The lowest BCUT2D eigenvalue weighted by Gasteiger charge is -2.27. The van der Waals surface area contributed by atoms with Crippen molar-refractivity contribution in [3.05, 3.63) is 23.8 Å². The van der Waals surface area contributed by atoms with Gasteiger partial charge in [0.2, 0.25) is 0 Å². The van der Waals surface area contributed by atoms with Gasteiger partial charge >= 0.3 is 0 Å². The SMILES string of the molecule is CCC1CNc2cc(C(=O)C(C)NCCOCCO)ccc2O1. The summed E-state index contributed by atoms with van der Waals surface area (Å²) < 4.78 is 11.0. The van der Waals surface area contributed by atoms with Crippen LogP contribution in [0.2, 0.25) is 0 Å². The van der Waals surface area contributed by atoms with Crippen LogP contribution in [0.5, 0.6) is 5.75 Å². The zero-order chi connectivity index (χ0) is 16.7. The summed E-state index contributed by atoms with van der Waals surface area (Å²) in [5, 5.41) is 15.1. The van der Waals surface area contributed by atoms with Gasteiger partial charge in [0, 0.05) is 12.1 Å². The summed E-state index contributed by atoms with van der Waals surface area (Å²) in [6.45, 7) is 6.05. The summed E-state index contributed by atoms with van der Waals surface area (Å²) in [6, 6.07) is 5.22. The summed E-state index contributed by atoms with van der Waals surface area (Å²) >= 11 is 0. The van der Waals surface area contributed by atoms with E-state index in [1.54, 1.807) is 6.07 Å². The van der Waals surface area contributed by atoms with E-state index in [0.717, 1.165) is 24.4 Å². The van der Waals surface area contributed by atoms with Gasteiger partial charge in [-0.25, -0.2) is 0 Å². The Hall–Kier alpha value is -1.63. The normalized spacial score (nSPS) is 17.8. The average molecular weight is 322 g/mol. The van der Waals surface area contributed by atoms with E-state index in [0.29, 0.717) is 25.3 Å². The second-order valence-electron chi connectivity index (χ2n) is 5.62. The minimum absolute atomic E-state index is 0.0115. The number of carbonyl (C=O) groups is 1. The molecule has 2 atom stereocenters. The molecule has 1 heterocycles. The molecular weight excluding hydrogens is 296 g/mol. The number of hydrogen-bond acceptors (Lipinski definition) is 6. The lowest BCUT2D eigenvalue weighted by Crippen LogP contribution is -2.36. The molecular formula is C17H26N2O4. The Kier molecular flexibility index (Phi) is 6.83. The quantitative estimate of drug-likeness (QED) is 0.472. The van der Waals surface area contributed by atoms with Crippen LogP contribution in [0.25, 0.3) is 0 Å². The third-order valence-electron chi connectivity index (χ3n) is 3.86. The molecule has 1 aliphatic rings. The molecule has 2 unspecified atom stereocenters. The Morgan fingerprint density at radius 1 is 1.52 bits per heavy atom. The Bertz CT molecular complexity index is 521. The summed E-state index contributed by atoms with van der Waals surface area (Å²) in [7, 11) is 0. The summed E-state index contributed by atoms with van der Waals surface area (Å²) in [4.78, 5) is 12.5. The van der Waals surface area contributed by atoms with Gasteiger partial charge in [0.15, 0.2) is 5.78 Å². The van der Waals surface area contributed by atoms with Crippen molar-refractivity contribution >= 4 is 11.5 Å². The van der Waals surface area contributed by atoms with E-state index in [-0.39, 0.29) is 24.5 Å². The van der Waals surface area contributed by atoms with Gasteiger partial charge in [-0.2, -0.15) is 0 Å². The number of hydrogen-bond donors (Lipinski definition) is 3. The maximum atomic E-state index is 12.5. The molecule has 1 aliphatic heterocycles. The van der Waals surface area contributed by atoms with Crippen LogP contribution in [-0.4, -0.2) is 55.9 Å². The van der Waals surface area contributed by atoms with Crippen LogP contribution in [-0.2, 0) is 4.74 Å². The maximum absolute atomic E-state index is 12.5. The van der Waals surface area contributed by atoms with Crippen LogP contribution in [0, 0.1) is 0 Å². The van der Waals surface area contributed by atoms with Gasteiger partial charge in [0.1, 0.15) is 11.9 Å². The molecule has 3 N–H and O–H groups in total. The van der Waals surface area contributed by atoms with Crippen molar-refractivity contribution in [3.63, 3.8) is 0 Å². The summed E-state index contributed by atoms with van der Waals surface area (Å²) in [5.74, 6) is 0.840. The Morgan fingerprint density at radius 2 is 2.35 bits per heavy atom. The standard InChI is InChI=1S/C17H26N2O4/c1-3-14-11-19-15-10-13(4-5-16(15)23-14)17(21)12(2)18-6-8-22-9-7-20/h4-5,10,12,14,18-20H,3,6-9,11H2,1-2H3. The third kappa shape index (κ3) is 4.92. The fourth-order valence-electron chi connectivity index (χ4n) is 2.45. The number of aliphatic hydroxyl groups is 1. The molecule has 0 spiro atoms. The molecule has 2 rings (SSSR count). The Morgan fingerprint density at radius 3 is 3.09 bits per heavy atom. The first-order valence-electron chi connectivity index (χ1n) is 8.16. The van der Waals surface area contributed by atoms with Crippen molar-refractivity contribution in [1.82, 2.24) is 5.32 Å². The topological polar surface area (TPSA) is 79.8 Å². The molecule has 1 aromatic carbocycles. The summed E-state index contributed by atoms with van der Waals surface area (Å²) in [6.07, 6.45) is 1.13. The highest BCUT2D eigenvalue weighted by atomic mass is 16.5. The number of benzene rings is 1. The van der Waals surface area contributed by atoms with Crippen molar-refractivity contribution in [2.24, 2.45) is 0 Å². The van der Waals surface area contributed by atoms with E-state index in [1.165, 1.54) is 0 Å². The first kappa shape index (κ1) is 17.7. The number of aliphatic hydroxyl groups excluding tert-OH is 1. The highest BCUT2D eigenvalue weighted by Gasteiger charge is 2.21. The van der Waals surface area contributed by atoms with Crippen LogP contribution >= 0.6 is 0 Å². The molecule has 0 saturated carbocycles. The number of anilines is 1. The van der Waals surface area contributed by atoms with Gasteiger partial charge < -0.3 is 25.2 Å². The number of Topliss-reactive ketones (excluding diaryl/α,β-unsaturated/α-hetero) is 1. The summed E-state index contributed by atoms with van der Waals surface area (Å²) in [5.41, 5.74) is 1.53. The van der Waals surface area contributed by atoms with Crippen LogP contribution in [0.15, 0.2) is 18.2 Å². The van der Waals surface area contributed by atoms with Gasteiger partial charge in [-0.15, -0.1) is 0 Å². The molecule has 0 aromatic heterocycles. The molecule has 0 saturated heterocycles. The number of ether oxygens (including phenoxy) is 2. The second kappa shape index (κ2) is 8.86. The van der Waals surface area contributed by atoms with E-state index in [9.17, 15) is 4.79 Å². The highest BCUT2D eigenvalue weighted by Crippen LogP contribution is 2.30. The molecule has 6 heteroatoms. The van der Waals surface area contributed by atoms with Crippen LogP contribution in [0.4, 0.5) is 5.69 Å². The van der Waals surface area contributed by atoms with Crippen molar-refractivity contribution in [2.45, 2.75) is 32.4 Å². The van der Waals surface area contributed by atoms with Crippen molar-refractivity contribution < 1.29 is 19.4 Å². The van der Waals surface area contributed by atoms with E-state index in [1.807, 2.05) is 19.1 Å². The Labute approximate surface area is 137 Å². The lowest BCUT2D eigenvalue weighted by molar-refractivity contribution is 0.0870. The van der Waals surface area contributed by atoms with Gasteiger partial charge in [-0.3, -0.25) is 4.79 Å². The second-order valence-corrected chi connectivity index (χ2v) is 5.62. The molecule has 0 aliphatic carbocycles. The predicted octanol–water partition coefficient (Wildman–Crippen LogP) is 1.44. The molecule has 0 fully saturated rings. The minimum Gasteiger partial charge on any atom is -0.486 e. The van der Waals surface area contributed by atoms with Crippen molar-refractivity contribution in [1.29, 1.82) is 0 Å².